The number of Topliss-reactive ketones (excluding diaryl/α,β-unsaturated/α-hetero) is 1. The molecule has 1 aliphatic carbocycles. The van der Waals surface area contributed by atoms with Crippen LogP contribution in [0.3, 0.4) is 0 Å². The van der Waals surface area contributed by atoms with Gasteiger partial charge in [0.05, 0.1) is 22.9 Å². The van der Waals surface area contributed by atoms with Crippen molar-refractivity contribution < 1.29 is 9.21 Å². The highest BCUT2D eigenvalue weighted by Gasteiger charge is 2.35. The molecule has 1 N–H and O–H groups in total. The van der Waals surface area contributed by atoms with Gasteiger partial charge in [0.25, 0.3) is 0 Å². The molecule has 0 saturated heterocycles. The van der Waals surface area contributed by atoms with Crippen molar-refractivity contribution in [2.75, 3.05) is 0 Å². The molecule has 0 amide bonds. The number of hydrogen-bond donors (Lipinski definition) is 1. The van der Waals surface area contributed by atoms with Crippen LogP contribution in [0.1, 0.15) is 63.2 Å². The fourth-order valence-electron chi connectivity index (χ4n) is 4.95. The number of carbonyl (C=O) groups is 1. The fourth-order valence-corrected chi connectivity index (χ4v) is 4.95. The lowest BCUT2D eigenvalue weighted by atomic mass is 9.77. The number of nitrogens with one attached hydrogen (secondary N) is 1. The van der Waals surface area contributed by atoms with Crippen LogP contribution >= 0.6 is 0 Å². The van der Waals surface area contributed by atoms with Gasteiger partial charge in [0.1, 0.15) is 11.3 Å². The minimum absolute atomic E-state index is 0.0733. The van der Waals surface area contributed by atoms with Crippen LogP contribution in [0.5, 0.6) is 0 Å². The molecular weight excluding hydrogens is 376 g/mol. The Morgan fingerprint density at radius 2 is 1.93 bits per heavy atom. The second-order valence-electron chi connectivity index (χ2n) is 8.47. The van der Waals surface area contributed by atoms with Crippen molar-refractivity contribution in [3.05, 3.63) is 68.4 Å². The highest BCUT2D eigenvalue weighted by Crippen LogP contribution is 2.42. The van der Waals surface area contributed by atoms with Gasteiger partial charge in [-0.05, 0) is 32.8 Å². The maximum absolute atomic E-state index is 13.5. The van der Waals surface area contributed by atoms with E-state index in [0.29, 0.717) is 45.8 Å². The normalized spacial score (nSPS) is 19.9. The quantitative estimate of drug-likeness (QED) is 0.777. The molecule has 1 saturated carbocycles. The molecule has 1 aromatic heterocycles. The van der Waals surface area contributed by atoms with E-state index >= 15 is 0 Å². The SMILES string of the molecule is CC1=C(C#N)C(c2cccc3c(=O)cc(C)oc23)C(C(=O)CC2CCCC2)=C(C)N1. The van der Waals surface area contributed by atoms with Crippen LogP contribution in [0.15, 0.2) is 56.0 Å². The summed E-state index contributed by atoms with van der Waals surface area (Å²) in [5, 5.41) is 13.7. The van der Waals surface area contributed by atoms with E-state index in [1.54, 1.807) is 19.1 Å². The maximum atomic E-state index is 13.5. The molecule has 1 atom stereocenters. The lowest BCUT2D eigenvalue weighted by Crippen LogP contribution is -2.28. The largest absolute Gasteiger partial charge is 0.461 e. The zero-order valence-corrected chi connectivity index (χ0v) is 17.7. The number of aryl methyl sites for hydroxylation is 1. The van der Waals surface area contributed by atoms with Gasteiger partial charge in [0, 0.05) is 35.0 Å². The lowest BCUT2D eigenvalue weighted by molar-refractivity contribution is -0.116. The standard InChI is InChI=1S/C25H26N2O3/c1-14-11-21(28)18-9-6-10-19(25(18)30-14)24-20(13-26)15(2)27-16(3)23(24)22(29)12-17-7-4-5-8-17/h6,9-11,17,24,27H,4-5,7-8,12H2,1-3H3. The first kappa shape index (κ1) is 20.2. The first-order valence-electron chi connectivity index (χ1n) is 10.6. The predicted octanol–water partition coefficient (Wildman–Crippen LogP) is 5.01. The molecular formula is C25H26N2O3. The van der Waals surface area contributed by atoms with Crippen LogP contribution in [-0.4, -0.2) is 5.78 Å². The smallest absolute Gasteiger partial charge is 0.192 e. The Bertz CT molecular complexity index is 1190. The molecule has 154 valence electrons. The van der Waals surface area contributed by atoms with Crippen LogP contribution in [0.4, 0.5) is 0 Å². The summed E-state index contributed by atoms with van der Waals surface area (Å²) in [6.07, 6.45) is 5.01. The number of ketones is 1. The van der Waals surface area contributed by atoms with Crippen molar-refractivity contribution in [2.45, 2.75) is 58.8 Å². The summed E-state index contributed by atoms with van der Waals surface area (Å²) in [6.45, 7) is 5.47. The van der Waals surface area contributed by atoms with Crippen molar-refractivity contribution in [3.63, 3.8) is 0 Å². The van der Waals surface area contributed by atoms with E-state index in [-0.39, 0.29) is 11.2 Å². The summed E-state index contributed by atoms with van der Waals surface area (Å²) < 4.78 is 5.97. The van der Waals surface area contributed by atoms with Crippen LogP contribution in [0, 0.1) is 24.2 Å². The van der Waals surface area contributed by atoms with E-state index in [4.69, 9.17) is 4.42 Å². The average Bonchev–Trinajstić information content (AvgIpc) is 3.20. The van der Waals surface area contributed by atoms with Gasteiger partial charge in [-0.1, -0.05) is 37.8 Å². The predicted molar refractivity (Wildman–Crippen MR) is 116 cm³/mol. The summed E-state index contributed by atoms with van der Waals surface area (Å²) >= 11 is 0. The van der Waals surface area contributed by atoms with Crippen molar-refractivity contribution in [1.29, 1.82) is 5.26 Å². The summed E-state index contributed by atoms with van der Waals surface area (Å²) in [7, 11) is 0. The second-order valence-corrected chi connectivity index (χ2v) is 8.47. The van der Waals surface area contributed by atoms with E-state index < -0.39 is 5.92 Å². The number of allylic oxidation sites excluding steroid dienone is 4. The minimum Gasteiger partial charge on any atom is -0.461 e. The Kier molecular flexibility index (Phi) is 5.34. The molecule has 2 heterocycles. The van der Waals surface area contributed by atoms with Crippen LogP contribution < -0.4 is 10.7 Å². The second kappa shape index (κ2) is 7.95. The molecule has 1 unspecified atom stereocenters. The Morgan fingerprint density at radius 3 is 2.63 bits per heavy atom. The number of fused-ring (bicyclic) bond motifs is 1. The summed E-state index contributed by atoms with van der Waals surface area (Å²) in [6, 6.07) is 9.16. The third kappa shape index (κ3) is 3.47. The van der Waals surface area contributed by atoms with Crippen molar-refractivity contribution in [2.24, 2.45) is 5.92 Å². The van der Waals surface area contributed by atoms with Gasteiger partial charge < -0.3 is 9.73 Å². The molecule has 1 aromatic carbocycles. The van der Waals surface area contributed by atoms with Crippen molar-refractivity contribution in [3.8, 4) is 6.07 Å². The number of carbonyl (C=O) groups excluding carboxylic acids is 1. The zero-order valence-electron chi connectivity index (χ0n) is 17.7. The van der Waals surface area contributed by atoms with Gasteiger partial charge in [-0.2, -0.15) is 5.26 Å². The van der Waals surface area contributed by atoms with Crippen molar-refractivity contribution in [1.82, 2.24) is 5.32 Å². The molecule has 0 radical (unpaired) electrons. The Balaban J connectivity index is 1.90. The fraction of sp³-hybridized carbons (Fsp3) is 0.400. The Morgan fingerprint density at radius 1 is 1.20 bits per heavy atom. The summed E-state index contributed by atoms with van der Waals surface area (Å²) in [4.78, 5) is 26.0. The van der Waals surface area contributed by atoms with Crippen molar-refractivity contribution >= 4 is 16.8 Å². The highest BCUT2D eigenvalue weighted by atomic mass is 16.3. The first-order chi connectivity index (χ1) is 14.4. The average molecular weight is 402 g/mol. The molecule has 2 aliphatic rings. The van der Waals surface area contributed by atoms with Gasteiger partial charge in [-0.3, -0.25) is 9.59 Å². The molecule has 30 heavy (non-hydrogen) atoms. The monoisotopic (exact) mass is 402 g/mol. The third-order valence-corrected chi connectivity index (χ3v) is 6.35. The molecule has 0 bridgehead atoms. The van der Waals surface area contributed by atoms with Gasteiger partial charge >= 0.3 is 0 Å². The molecule has 5 heteroatoms. The minimum atomic E-state index is -0.543. The van der Waals surface area contributed by atoms with Crippen LogP contribution in [0.2, 0.25) is 0 Å². The van der Waals surface area contributed by atoms with Crippen LogP contribution in [0.25, 0.3) is 11.0 Å². The van der Waals surface area contributed by atoms with E-state index in [1.165, 1.54) is 18.9 Å². The molecule has 0 spiro atoms. The van der Waals surface area contributed by atoms with Gasteiger partial charge in [0.2, 0.25) is 0 Å². The number of dihydropyridines is 1. The molecule has 4 rings (SSSR count). The maximum Gasteiger partial charge on any atom is 0.192 e. The van der Waals surface area contributed by atoms with Gasteiger partial charge in [-0.25, -0.2) is 0 Å². The Labute approximate surface area is 176 Å². The van der Waals surface area contributed by atoms with E-state index in [0.717, 1.165) is 24.2 Å². The highest BCUT2D eigenvalue weighted by molar-refractivity contribution is 6.00. The number of hydrogen-bond acceptors (Lipinski definition) is 5. The van der Waals surface area contributed by atoms with E-state index in [9.17, 15) is 14.9 Å². The molecule has 1 fully saturated rings. The number of nitrogens with zero attached hydrogens (tertiary/aromatic N) is 1. The molecule has 1 aliphatic heterocycles. The Hall–Kier alpha value is -3.13. The molecule has 2 aromatic rings. The topological polar surface area (TPSA) is 83.1 Å². The number of rotatable bonds is 4. The summed E-state index contributed by atoms with van der Waals surface area (Å²) in [5.74, 6) is 0.444. The lowest BCUT2D eigenvalue weighted by Gasteiger charge is -2.29. The summed E-state index contributed by atoms with van der Waals surface area (Å²) in [5.41, 5.74) is 3.63. The molecule has 5 nitrogen and oxygen atoms in total. The third-order valence-electron chi connectivity index (χ3n) is 6.35. The number of benzene rings is 1. The first-order valence-corrected chi connectivity index (χ1v) is 10.6. The van der Waals surface area contributed by atoms with E-state index in [2.05, 4.69) is 11.4 Å². The van der Waals surface area contributed by atoms with E-state index in [1.807, 2.05) is 19.9 Å². The van der Waals surface area contributed by atoms with Gasteiger partial charge in [0.15, 0.2) is 11.2 Å². The van der Waals surface area contributed by atoms with Crippen LogP contribution in [-0.2, 0) is 4.79 Å². The zero-order chi connectivity index (χ0) is 21.4. The number of para-hydroxylation sites is 1. The van der Waals surface area contributed by atoms with Gasteiger partial charge in [-0.15, -0.1) is 0 Å². The number of nitriles is 1.